The summed E-state index contributed by atoms with van der Waals surface area (Å²) >= 11 is 6.55. The van der Waals surface area contributed by atoms with Crippen LogP contribution in [0.25, 0.3) is 0 Å². The minimum Gasteiger partial charge on any atom is -0.462 e. The maximum atomic E-state index is 11.5. The van der Waals surface area contributed by atoms with Crippen LogP contribution in [0.3, 0.4) is 0 Å². The van der Waals surface area contributed by atoms with Crippen LogP contribution in [-0.4, -0.2) is 24.4 Å². The SMILES string of the molecule is CCOC(=O)c1sc(NC(=O)CCl)cc1C. The Kier molecular flexibility index (Phi) is 4.76. The number of thiophene rings is 1. The Morgan fingerprint density at radius 1 is 1.56 bits per heavy atom. The van der Waals surface area contributed by atoms with Gasteiger partial charge in [0.2, 0.25) is 5.91 Å². The van der Waals surface area contributed by atoms with Crippen LogP contribution in [-0.2, 0) is 9.53 Å². The van der Waals surface area contributed by atoms with Crippen molar-refractivity contribution in [1.82, 2.24) is 0 Å². The Morgan fingerprint density at radius 2 is 2.25 bits per heavy atom. The van der Waals surface area contributed by atoms with Gasteiger partial charge in [0.15, 0.2) is 0 Å². The van der Waals surface area contributed by atoms with Gasteiger partial charge in [-0.3, -0.25) is 4.79 Å². The molecule has 1 rings (SSSR count). The maximum absolute atomic E-state index is 11.5. The lowest BCUT2D eigenvalue weighted by Gasteiger charge is -1.99. The van der Waals surface area contributed by atoms with Crippen LogP contribution in [0.5, 0.6) is 0 Å². The molecule has 0 fully saturated rings. The molecule has 0 aliphatic carbocycles. The molecule has 0 saturated heterocycles. The van der Waals surface area contributed by atoms with Crippen LogP contribution in [0.4, 0.5) is 5.00 Å². The molecule has 0 aliphatic rings. The van der Waals surface area contributed by atoms with Crippen molar-refractivity contribution in [2.45, 2.75) is 13.8 Å². The second kappa shape index (κ2) is 5.86. The van der Waals surface area contributed by atoms with Crippen LogP contribution in [0.2, 0.25) is 0 Å². The lowest BCUT2D eigenvalue weighted by molar-refractivity contribution is -0.113. The summed E-state index contributed by atoms with van der Waals surface area (Å²) in [5.41, 5.74) is 0.785. The van der Waals surface area contributed by atoms with E-state index in [-0.39, 0.29) is 17.8 Å². The molecule has 16 heavy (non-hydrogen) atoms. The first-order valence-corrected chi connectivity index (χ1v) is 6.07. The number of carbonyl (C=O) groups excluding carboxylic acids is 2. The smallest absolute Gasteiger partial charge is 0.348 e. The van der Waals surface area contributed by atoms with E-state index in [0.717, 1.165) is 5.56 Å². The maximum Gasteiger partial charge on any atom is 0.348 e. The monoisotopic (exact) mass is 261 g/mol. The number of hydrogen-bond acceptors (Lipinski definition) is 4. The number of anilines is 1. The molecule has 0 atom stereocenters. The van der Waals surface area contributed by atoms with Crippen molar-refractivity contribution in [2.75, 3.05) is 17.8 Å². The topological polar surface area (TPSA) is 55.4 Å². The van der Waals surface area contributed by atoms with E-state index in [4.69, 9.17) is 16.3 Å². The minimum atomic E-state index is -0.364. The van der Waals surface area contributed by atoms with Crippen molar-refractivity contribution >= 4 is 39.8 Å². The van der Waals surface area contributed by atoms with Gasteiger partial charge in [-0.05, 0) is 25.5 Å². The molecule has 0 unspecified atom stereocenters. The molecule has 6 heteroatoms. The van der Waals surface area contributed by atoms with E-state index in [2.05, 4.69) is 5.32 Å². The molecule has 1 heterocycles. The van der Waals surface area contributed by atoms with E-state index in [9.17, 15) is 9.59 Å². The summed E-state index contributed by atoms with van der Waals surface area (Å²) in [6.07, 6.45) is 0. The fourth-order valence-corrected chi connectivity index (χ4v) is 2.16. The third kappa shape index (κ3) is 3.21. The van der Waals surface area contributed by atoms with Gasteiger partial charge < -0.3 is 10.1 Å². The zero-order chi connectivity index (χ0) is 12.1. The predicted molar refractivity (Wildman–Crippen MR) is 64.4 cm³/mol. The molecule has 1 amide bonds. The van der Waals surface area contributed by atoms with Crippen LogP contribution < -0.4 is 5.32 Å². The fraction of sp³-hybridized carbons (Fsp3) is 0.400. The van der Waals surface area contributed by atoms with Crippen molar-refractivity contribution in [3.8, 4) is 0 Å². The zero-order valence-corrected chi connectivity index (χ0v) is 10.6. The summed E-state index contributed by atoms with van der Waals surface area (Å²) in [6.45, 7) is 3.87. The lowest BCUT2D eigenvalue weighted by atomic mass is 10.3. The van der Waals surface area contributed by atoms with Crippen molar-refractivity contribution in [2.24, 2.45) is 0 Å². The van der Waals surface area contributed by atoms with Crippen molar-refractivity contribution in [1.29, 1.82) is 0 Å². The summed E-state index contributed by atoms with van der Waals surface area (Å²) in [5.74, 6) is -0.763. The van der Waals surface area contributed by atoms with E-state index >= 15 is 0 Å². The number of aryl methyl sites for hydroxylation is 1. The third-order valence-corrected chi connectivity index (χ3v) is 3.14. The quantitative estimate of drug-likeness (QED) is 0.669. The fourth-order valence-electron chi connectivity index (χ4n) is 1.11. The van der Waals surface area contributed by atoms with Crippen LogP contribution in [0, 0.1) is 6.92 Å². The number of ether oxygens (including phenoxy) is 1. The van der Waals surface area contributed by atoms with E-state index in [0.29, 0.717) is 16.5 Å². The van der Waals surface area contributed by atoms with Gasteiger partial charge in [0.1, 0.15) is 10.8 Å². The Bertz CT molecular complexity index is 403. The van der Waals surface area contributed by atoms with E-state index in [1.165, 1.54) is 11.3 Å². The first kappa shape index (κ1) is 13.0. The number of hydrogen-bond donors (Lipinski definition) is 1. The number of nitrogens with one attached hydrogen (secondary N) is 1. The molecular formula is C10H12ClNO3S. The molecule has 1 aromatic heterocycles. The summed E-state index contributed by atoms with van der Waals surface area (Å²) in [6, 6.07) is 1.72. The van der Waals surface area contributed by atoms with Gasteiger partial charge in [-0.1, -0.05) is 0 Å². The van der Waals surface area contributed by atoms with Gasteiger partial charge in [0.25, 0.3) is 0 Å². The normalized spacial score (nSPS) is 9.94. The van der Waals surface area contributed by atoms with Gasteiger partial charge in [-0.15, -0.1) is 22.9 Å². The highest BCUT2D eigenvalue weighted by Crippen LogP contribution is 2.27. The Balaban J connectivity index is 2.81. The number of esters is 1. The number of carbonyl (C=O) groups is 2. The highest BCUT2D eigenvalue weighted by atomic mass is 35.5. The number of amides is 1. The highest BCUT2D eigenvalue weighted by molar-refractivity contribution is 7.18. The van der Waals surface area contributed by atoms with E-state index in [1.807, 2.05) is 0 Å². The molecular weight excluding hydrogens is 250 g/mol. The first-order valence-electron chi connectivity index (χ1n) is 4.71. The first-order chi connectivity index (χ1) is 7.58. The highest BCUT2D eigenvalue weighted by Gasteiger charge is 2.15. The summed E-state index contributed by atoms with van der Waals surface area (Å²) in [5, 5.41) is 3.19. The standard InChI is InChI=1S/C10H12ClNO3S/c1-3-15-10(14)9-6(2)4-8(16-9)12-7(13)5-11/h4H,3,5H2,1-2H3,(H,12,13). The van der Waals surface area contributed by atoms with Crippen molar-refractivity contribution in [3.63, 3.8) is 0 Å². The molecule has 0 bridgehead atoms. The van der Waals surface area contributed by atoms with E-state index < -0.39 is 0 Å². The predicted octanol–water partition coefficient (Wildman–Crippen LogP) is 2.41. The van der Waals surface area contributed by atoms with Crippen LogP contribution in [0.15, 0.2) is 6.07 Å². The second-order valence-electron chi connectivity index (χ2n) is 3.03. The molecule has 1 N–H and O–H groups in total. The number of rotatable bonds is 4. The molecule has 0 radical (unpaired) electrons. The second-order valence-corrected chi connectivity index (χ2v) is 4.34. The lowest BCUT2D eigenvalue weighted by Crippen LogP contribution is -2.11. The number of halogens is 1. The van der Waals surface area contributed by atoms with E-state index in [1.54, 1.807) is 19.9 Å². The molecule has 1 aromatic rings. The van der Waals surface area contributed by atoms with Gasteiger partial charge in [0.05, 0.1) is 11.6 Å². The van der Waals surface area contributed by atoms with Gasteiger partial charge in [0, 0.05) is 0 Å². The average molecular weight is 262 g/mol. The molecule has 4 nitrogen and oxygen atoms in total. The van der Waals surface area contributed by atoms with Crippen molar-refractivity contribution < 1.29 is 14.3 Å². The Morgan fingerprint density at radius 3 is 2.81 bits per heavy atom. The van der Waals surface area contributed by atoms with Crippen LogP contribution >= 0.6 is 22.9 Å². The molecule has 0 aliphatic heterocycles. The third-order valence-electron chi connectivity index (χ3n) is 1.76. The van der Waals surface area contributed by atoms with Crippen LogP contribution in [0.1, 0.15) is 22.2 Å². The summed E-state index contributed by atoms with van der Waals surface area (Å²) in [7, 11) is 0. The van der Waals surface area contributed by atoms with Gasteiger partial charge in [-0.25, -0.2) is 4.79 Å². The zero-order valence-electron chi connectivity index (χ0n) is 9.00. The van der Waals surface area contributed by atoms with Gasteiger partial charge >= 0.3 is 5.97 Å². The molecule has 0 saturated carbocycles. The van der Waals surface area contributed by atoms with Crippen molar-refractivity contribution in [3.05, 3.63) is 16.5 Å². The largest absolute Gasteiger partial charge is 0.462 e. The Hall–Kier alpha value is -1.07. The average Bonchev–Trinajstić information content (AvgIpc) is 2.59. The Labute approximate surface area is 103 Å². The van der Waals surface area contributed by atoms with Gasteiger partial charge in [-0.2, -0.15) is 0 Å². The number of alkyl halides is 1. The summed E-state index contributed by atoms with van der Waals surface area (Å²) in [4.78, 5) is 23.0. The summed E-state index contributed by atoms with van der Waals surface area (Å²) < 4.78 is 4.89. The molecule has 88 valence electrons. The molecule has 0 aromatic carbocycles. The molecule has 0 spiro atoms. The minimum absolute atomic E-state index is 0.105.